The Morgan fingerprint density at radius 3 is 2.59 bits per heavy atom. The number of carbonyl (C=O) groups is 2. The molecule has 2 amide bonds. The van der Waals surface area contributed by atoms with E-state index in [1.807, 2.05) is 6.92 Å². The summed E-state index contributed by atoms with van der Waals surface area (Å²) < 4.78 is 12.6. The van der Waals surface area contributed by atoms with Gasteiger partial charge in [0.25, 0.3) is 0 Å². The SMILES string of the molecule is CCC1(C)C(=O)NC(C2CC2)C(=O)N1CCF. The van der Waals surface area contributed by atoms with E-state index in [1.54, 1.807) is 6.92 Å². The molecule has 0 spiro atoms. The Morgan fingerprint density at radius 2 is 2.12 bits per heavy atom. The maximum Gasteiger partial charge on any atom is 0.246 e. The first kappa shape index (κ1) is 12.3. The van der Waals surface area contributed by atoms with E-state index in [1.165, 1.54) is 4.90 Å². The van der Waals surface area contributed by atoms with Gasteiger partial charge in [0, 0.05) is 0 Å². The van der Waals surface area contributed by atoms with Gasteiger partial charge in [-0.05, 0) is 32.1 Å². The Morgan fingerprint density at radius 1 is 1.47 bits per heavy atom. The first-order valence-electron chi connectivity index (χ1n) is 6.23. The Kier molecular flexibility index (Phi) is 3.10. The summed E-state index contributed by atoms with van der Waals surface area (Å²) in [6, 6.07) is -0.423. The second-order valence-electron chi connectivity index (χ2n) is 5.09. The molecular formula is C12H19FN2O2. The Hall–Kier alpha value is -1.13. The lowest BCUT2D eigenvalue weighted by Gasteiger charge is -2.45. The largest absolute Gasteiger partial charge is 0.342 e. The third kappa shape index (κ3) is 1.91. The molecule has 1 saturated heterocycles. The normalized spacial score (nSPS) is 33.8. The standard InChI is InChI=1S/C12H19FN2O2/c1-3-12(2)11(17)14-9(8-4-5-8)10(16)15(12)7-6-13/h8-9H,3-7H2,1-2H3,(H,14,17). The zero-order valence-electron chi connectivity index (χ0n) is 10.3. The summed E-state index contributed by atoms with van der Waals surface area (Å²) in [5.41, 5.74) is -0.894. The van der Waals surface area contributed by atoms with E-state index in [-0.39, 0.29) is 24.3 Å². The quantitative estimate of drug-likeness (QED) is 0.795. The van der Waals surface area contributed by atoms with Gasteiger partial charge in [0.2, 0.25) is 11.8 Å². The fourth-order valence-corrected chi connectivity index (χ4v) is 2.43. The number of carbonyl (C=O) groups excluding carboxylic acids is 2. The summed E-state index contributed by atoms with van der Waals surface area (Å²) in [6.07, 6.45) is 2.45. The highest BCUT2D eigenvalue weighted by Gasteiger charge is 2.51. The van der Waals surface area contributed by atoms with E-state index in [9.17, 15) is 14.0 Å². The van der Waals surface area contributed by atoms with Crippen molar-refractivity contribution in [2.45, 2.75) is 44.7 Å². The van der Waals surface area contributed by atoms with Crippen LogP contribution in [0.5, 0.6) is 0 Å². The van der Waals surface area contributed by atoms with Crippen LogP contribution in [-0.4, -0.2) is 41.5 Å². The van der Waals surface area contributed by atoms with E-state index in [0.717, 1.165) is 12.8 Å². The fraction of sp³-hybridized carbons (Fsp3) is 0.833. The van der Waals surface area contributed by atoms with Gasteiger partial charge < -0.3 is 10.2 Å². The molecule has 5 heteroatoms. The van der Waals surface area contributed by atoms with E-state index < -0.39 is 18.3 Å². The van der Waals surface area contributed by atoms with Gasteiger partial charge in [-0.15, -0.1) is 0 Å². The van der Waals surface area contributed by atoms with Crippen molar-refractivity contribution < 1.29 is 14.0 Å². The summed E-state index contributed by atoms with van der Waals surface area (Å²) in [6.45, 7) is 2.96. The predicted molar refractivity (Wildman–Crippen MR) is 61.0 cm³/mol. The molecule has 1 saturated carbocycles. The molecule has 1 aliphatic carbocycles. The zero-order valence-corrected chi connectivity index (χ0v) is 10.3. The zero-order chi connectivity index (χ0) is 12.6. The third-order valence-corrected chi connectivity index (χ3v) is 3.99. The van der Waals surface area contributed by atoms with Crippen LogP contribution in [0.15, 0.2) is 0 Å². The van der Waals surface area contributed by atoms with E-state index in [0.29, 0.717) is 6.42 Å². The molecule has 96 valence electrons. The van der Waals surface area contributed by atoms with Gasteiger partial charge in [-0.1, -0.05) is 6.92 Å². The second-order valence-corrected chi connectivity index (χ2v) is 5.09. The number of hydrogen-bond donors (Lipinski definition) is 1. The molecule has 0 aromatic carbocycles. The predicted octanol–water partition coefficient (Wildman–Crippen LogP) is 0.862. The molecule has 2 rings (SSSR count). The van der Waals surface area contributed by atoms with Gasteiger partial charge in [0.05, 0.1) is 6.54 Å². The van der Waals surface area contributed by atoms with Gasteiger partial charge in [-0.25, -0.2) is 4.39 Å². The first-order chi connectivity index (χ1) is 8.04. The number of nitrogens with one attached hydrogen (secondary N) is 1. The smallest absolute Gasteiger partial charge is 0.246 e. The van der Waals surface area contributed by atoms with Gasteiger partial charge in [0.15, 0.2) is 0 Å². The van der Waals surface area contributed by atoms with Crippen molar-refractivity contribution in [1.29, 1.82) is 0 Å². The van der Waals surface area contributed by atoms with Crippen LogP contribution < -0.4 is 5.32 Å². The van der Waals surface area contributed by atoms with Crippen LogP contribution in [0.2, 0.25) is 0 Å². The molecule has 17 heavy (non-hydrogen) atoms. The fourth-order valence-electron chi connectivity index (χ4n) is 2.43. The minimum absolute atomic E-state index is 0.0137. The van der Waals surface area contributed by atoms with Crippen LogP contribution in [0.4, 0.5) is 4.39 Å². The van der Waals surface area contributed by atoms with Crippen LogP contribution in [0.1, 0.15) is 33.1 Å². The number of alkyl halides is 1. The van der Waals surface area contributed by atoms with E-state index in [4.69, 9.17) is 0 Å². The van der Waals surface area contributed by atoms with Crippen LogP contribution >= 0.6 is 0 Å². The number of halogens is 1. The monoisotopic (exact) mass is 242 g/mol. The lowest BCUT2D eigenvalue weighted by atomic mass is 9.89. The van der Waals surface area contributed by atoms with Crippen molar-refractivity contribution in [3.63, 3.8) is 0 Å². The van der Waals surface area contributed by atoms with Crippen molar-refractivity contribution in [1.82, 2.24) is 10.2 Å². The van der Waals surface area contributed by atoms with Crippen molar-refractivity contribution in [3.8, 4) is 0 Å². The number of amides is 2. The Bertz CT molecular complexity index is 343. The molecule has 2 fully saturated rings. The summed E-state index contributed by atoms with van der Waals surface area (Å²) >= 11 is 0. The van der Waals surface area contributed by atoms with Crippen LogP contribution in [0, 0.1) is 5.92 Å². The van der Waals surface area contributed by atoms with Crippen molar-refractivity contribution >= 4 is 11.8 Å². The summed E-state index contributed by atoms with van der Waals surface area (Å²) in [4.78, 5) is 25.8. The molecule has 1 aliphatic heterocycles. The second kappa shape index (κ2) is 4.27. The highest BCUT2D eigenvalue weighted by atomic mass is 19.1. The molecule has 2 unspecified atom stereocenters. The number of piperazine rings is 1. The highest BCUT2D eigenvalue weighted by molar-refractivity contribution is 5.99. The maximum absolute atomic E-state index is 12.6. The number of hydrogen-bond acceptors (Lipinski definition) is 2. The molecular weight excluding hydrogens is 223 g/mol. The molecule has 4 nitrogen and oxygen atoms in total. The minimum atomic E-state index is -0.894. The van der Waals surface area contributed by atoms with Gasteiger partial charge in [-0.2, -0.15) is 0 Å². The molecule has 0 aromatic heterocycles. The van der Waals surface area contributed by atoms with Crippen molar-refractivity contribution in [3.05, 3.63) is 0 Å². The van der Waals surface area contributed by atoms with Crippen LogP contribution in [-0.2, 0) is 9.59 Å². The molecule has 2 atom stereocenters. The molecule has 1 heterocycles. The summed E-state index contributed by atoms with van der Waals surface area (Å²) in [7, 11) is 0. The van der Waals surface area contributed by atoms with Crippen LogP contribution in [0.25, 0.3) is 0 Å². The average molecular weight is 242 g/mol. The van der Waals surface area contributed by atoms with Gasteiger partial charge >= 0.3 is 0 Å². The number of nitrogens with zero attached hydrogens (tertiary/aromatic N) is 1. The summed E-state index contributed by atoms with van der Waals surface area (Å²) in [5.74, 6) is -0.00554. The Balaban J connectivity index is 2.25. The van der Waals surface area contributed by atoms with Crippen molar-refractivity contribution in [2.24, 2.45) is 5.92 Å². The van der Waals surface area contributed by atoms with E-state index in [2.05, 4.69) is 5.32 Å². The van der Waals surface area contributed by atoms with Crippen molar-refractivity contribution in [2.75, 3.05) is 13.2 Å². The molecule has 0 radical (unpaired) electrons. The maximum atomic E-state index is 12.6. The molecule has 1 N–H and O–H groups in total. The molecule has 0 aromatic rings. The molecule has 2 aliphatic rings. The highest BCUT2D eigenvalue weighted by Crippen LogP contribution is 2.37. The number of rotatable bonds is 4. The minimum Gasteiger partial charge on any atom is -0.342 e. The summed E-state index contributed by atoms with van der Waals surface area (Å²) in [5, 5.41) is 2.81. The average Bonchev–Trinajstić information content (AvgIpc) is 3.13. The third-order valence-electron chi connectivity index (χ3n) is 3.99. The Labute approximate surface area is 101 Å². The van der Waals surface area contributed by atoms with Gasteiger partial charge in [-0.3, -0.25) is 9.59 Å². The van der Waals surface area contributed by atoms with Gasteiger partial charge in [0.1, 0.15) is 18.3 Å². The lowest BCUT2D eigenvalue weighted by molar-refractivity contribution is -0.157. The first-order valence-corrected chi connectivity index (χ1v) is 6.23. The topological polar surface area (TPSA) is 49.4 Å². The van der Waals surface area contributed by atoms with Crippen LogP contribution in [0.3, 0.4) is 0 Å². The van der Waals surface area contributed by atoms with E-state index >= 15 is 0 Å². The lowest BCUT2D eigenvalue weighted by Crippen LogP contribution is -2.70. The molecule has 0 bridgehead atoms.